The Hall–Kier alpha value is -2.66. The van der Waals surface area contributed by atoms with Crippen molar-refractivity contribution in [2.45, 2.75) is 26.2 Å². The number of carboxylic acids is 1. The SMILES string of the molecule is O=C(O)[C@@H]1C[C@H]1C(=O)NCc1ccccc1COCc1ccccc1. The molecule has 1 aliphatic rings. The molecule has 5 nitrogen and oxygen atoms in total. The number of aliphatic carboxylic acids is 1. The van der Waals surface area contributed by atoms with Gasteiger partial charge >= 0.3 is 5.97 Å². The Balaban J connectivity index is 1.50. The van der Waals surface area contributed by atoms with Crippen LogP contribution in [0.2, 0.25) is 0 Å². The van der Waals surface area contributed by atoms with Gasteiger partial charge in [-0.3, -0.25) is 9.59 Å². The van der Waals surface area contributed by atoms with Gasteiger partial charge in [0.1, 0.15) is 0 Å². The third-order valence-electron chi connectivity index (χ3n) is 4.38. The molecule has 0 heterocycles. The fraction of sp³-hybridized carbons (Fsp3) is 0.300. The fourth-order valence-electron chi connectivity index (χ4n) is 2.79. The Morgan fingerprint density at radius 2 is 1.64 bits per heavy atom. The zero-order chi connectivity index (χ0) is 17.6. The summed E-state index contributed by atoms with van der Waals surface area (Å²) in [6.07, 6.45) is 0.434. The number of amides is 1. The molecule has 1 saturated carbocycles. The summed E-state index contributed by atoms with van der Waals surface area (Å²) < 4.78 is 5.77. The van der Waals surface area contributed by atoms with E-state index in [0.29, 0.717) is 26.2 Å². The van der Waals surface area contributed by atoms with Crippen molar-refractivity contribution in [1.29, 1.82) is 0 Å². The molecule has 0 saturated heterocycles. The lowest BCUT2D eigenvalue weighted by atomic mass is 10.1. The van der Waals surface area contributed by atoms with E-state index in [1.165, 1.54) is 0 Å². The summed E-state index contributed by atoms with van der Waals surface area (Å²) in [5, 5.41) is 11.7. The molecule has 5 heteroatoms. The summed E-state index contributed by atoms with van der Waals surface area (Å²) in [4.78, 5) is 22.8. The minimum atomic E-state index is -0.894. The fourth-order valence-corrected chi connectivity index (χ4v) is 2.79. The Morgan fingerprint density at radius 1 is 0.960 bits per heavy atom. The molecule has 2 N–H and O–H groups in total. The molecule has 0 aromatic heterocycles. The molecular weight excluding hydrogens is 318 g/mol. The van der Waals surface area contributed by atoms with E-state index in [1.807, 2.05) is 54.6 Å². The van der Waals surface area contributed by atoms with Gasteiger partial charge in [-0.2, -0.15) is 0 Å². The maximum atomic E-state index is 12.0. The van der Waals surface area contributed by atoms with Crippen molar-refractivity contribution in [2.75, 3.05) is 0 Å². The van der Waals surface area contributed by atoms with Crippen LogP contribution in [0.1, 0.15) is 23.1 Å². The first kappa shape index (κ1) is 17.2. The van der Waals surface area contributed by atoms with Gasteiger partial charge in [-0.15, -0.1) is 0 Å². The molecule has 0 spiro atoms. The van der Waals surface area contributed by atoms with E-state index >= 15 is 0 Å². The highest BCUT2D eigenvalue weighted by molar-refractivity contribution is 5.89. The zero-order valence-corrected chi connectivity index (χ0v) is 13.9. The first-order valence-electron chi connectivity index (χ1n) is 8.34. The number of hydrogen-bond donors (Lipinski definition) is 2. The molecule has 0 unspecified atom stereocenters. The summed E-state index contributed by atoms with van der Waals surface area (Å²) in [5.41, 5.74) is 3.11. The molecule has 130 valence electrons. The summed E-state index contributed by atoms with van der Waals surface area (Å²) >= 11 is 0. The summed E-state index contributed by atoms with van der Waals surface area (Å²) in [5.74, 6) is -1.99. The van der Waals surface area contributed by atoms with E-state index in [9.17, 15) is 9.59 Å². The van der Waals surface area contributed by atoms with Crippen LogP contribution in [0.5, 0.6) is 0 Å². The summed E-state index contributed by atoms with van der Waals surface area (Å²) in [6.45, 7) is 1.37. The molecule has 2 aromatic rings. The number of benzene rings is 2. The maximum absolute atomic E-state index is 12.0. The van der Waals surface area contributed by atoms with Gasteiger partial charge in [-0.25, -0.2) is 0 Å². The van der Waals surface area contributed by atoms with E-state index < -0.39 is 11.9 Å². The van der Waals surface area contributed by atoms with Crippen LogP contribution in [0.3, 0.4) is 0 Å². The maximum Gasteiger partial charge on any atom is 0.307 e. The number of rotatable bonds is 8. The van der Waals surface area contributed by atoms with Gasteiger partial charge in [-0.05, 0) is 23.1 Å². The van der Waals surface area contributed by atoms with E-state index in [-0.39, 0.29) is 11.8 Å². The molecule has 1 fully saturated rings. The first-order valence-corrected chi connectivity index (χ1v) is 8.34. The third kappa shape index (κ3) is 4.67. The molecule has 1 amide bonds. The Labute approximate surface area is 146 Å². The van der Waals surface area contributed by atoms with Gasteiger partial charge in [0.2, 0.25) is 5.91 Å². The summed E-state index contributed by atoms with van der Waals surface area (Å²) in [7, 11) is 0. The molecule has 0 aliphatic heterocycles. The second kappa shape index (κ2) is 7.94. The van der Waals surface area contributed by atoms with Crippen molar-refractivity contribution in [3.05, 3.63) is 71.3 Å². The second-order valence-electron chi connectivity index (χ2n) is 6.25. The largest absolute Gasteiger partial charge is 0.481 e. The molecule has 0 bridgehead atoms. The molecule has 25 heavy (non-hydrogen) atoms. The molecule has 2 atom stereocenters. The molecule has 3 rings (SSSR count). The van der Waals surface area contributed by atoms with Gasteiger partial charge in [0.25, 0.3) is 0 Å². The summed E-state index contributed by atoms with van der Waals surface area (Å²) in [6, 6.07) is 17.7. The van der Waals surface area contributed by atoms with Crippen LogP contribution in [0.4, 0.5) is 0 Å². The van der Waals surface area contributed by atoms with Crippen molar-refractivity contribution in [1.82, 2.24) is 5.32 Å². The van der Waals surface area contributed by atoms with Gasteiger partial charge in [0, 0.05) is 6.54 Å². The van der Waals surface area contributed by atoms with Gasteiger partial charge in [-0.1, -0.05) is 54.6 Å². The molecule has 1 aliphatic carbocycles. The number of hydrogen-bond acceptors (Lipinski definition) is 3. The van der Waals surface area contributed by atoms with E-state index in [4.69, 9.17) is 9.84 Å². The number of carbonyl (C=O) groups excluding carboxylic acids is 1. The van der Waals surface area contributed by atoms with Crippen molar-refractivity contribution in [3.8, 4) is 0 Å². The van der Waals surface area contributed by atoms with E-state index in [0.717, 1.165) is 16.7 Å². The van der Waals surface area contributed by atoms with Gasteiger partial charge in [0.15, 0.2) is 0 Å². The number of carbonyl (C=O) groups is 2. The average Bonchev–Trinajstić information content (AvgIpc) is 3.43. The lowest BCUT2D eigenvalue weighted by Gasteiger charge is -2.11. The highest BCUT2D eigenvalue weighted by atomic mass is 16.5. The second-order valence-corrected chi connectivity index (χ2v) is 6.25. The average molecular weight is 339 g/mol. The highest BCUT2D eigenvalue weighted by Crippen LogP contribution is 2.38. The minimum Gasteiger partial charge on any atom is -0.481 e. The van der Waals surface area contributed by atoms with E-state index in [2.05, 4.69) is 5.32 Å². The highest BCUT2D eigenvalue weighted by Gasteiger charge is 2.48. The van der Waals surface area contributed by atoms with Crippen LogP contribution in [0.15, 0.2) is 54.6 Å². The zero-order valence-electron chi connectivity index (χ0n) is 13.9. The van der Waals surface area contributed by atoms with Crippen LogP contribution in [0.25, 0.3) is 0 Å². The third-order valence-corrected chi connectivity index (χ3v) is 4.38. The Morgan fingerprint density at radius 3 is 2.32 bits per heavy atom. The smallest absolute Gasteiger partial charge is 0.307 e. The normalized spacial score (nSPS) is 18.6. The number of carboxylic acid groups (broad SMARTS) is 1. The van der Waals surface area contributed by atoms with Crippen LogP contribution in [0, 0.1) is 11.8 Å². The quantitative estimate of drug-likeness (QED) is 0.775. The van der Waals surface area contributed by atoms with Crippen LogP contribution >= 0.6 is 0 Å². The minimum absolute atomic E-state index is 0.188. The number of nitrogens with one attached hydrogen (secondary N) is 1. The van der Waals surface area contributed by atoms with Crippen molar-refractivity contribution in [3.63, 3.8) is 0 Å². The predicted molar refractivity (Wildman–Crippen MR) is 92.5 cm³/mol. The molecular formula is C20H21NO4. The van der Waals surface area contributed by atoms with Crippen LogP contribution in [-0.2, 0) is 34.1 Å². The number of ether oxygens (including phenoxy) is 1. The standard InChI is InChI=1S/C20H21NO4/c22-19(17-10-18(17)20(23)24)21-11-15-8-4-5-9-16(15)13-25-12-14-6-2-1-3-7-14/h1-9,17-18H,10-13H2,(H,21,22)(H,23,24)/t17-,18-/m1/s1. The predicted octanol–water partition coefficient (Wildman–Crippen LogP) is 2.74. The van der Waals surface area contributed by atoms with E-state index in [1.54, 1.807) is 0 Å². The lowest BCUT2D eigenvalue weighted by Crippen LogP contribution is -2.26. The Bertz CT molecular complexity index is 744. The first-order chi connectivity index (χ1) is 12.1. The van der Waals surface area contributed by atoms with Gasteiger partial charge in [0.05, 0.1) is 25.0 Å². The lowest BCUT2D eigenvalue weighted by molar-refractivity contribution is -0.140. The van der Waals surface area contributed by atoms with Gasteiger partial charge < -0.3 is 15.2 Å². The Kier molecular flexibility index (Phi) is 5.46. The van der Waals surface area contributed by atoms with Crippen LogP contribution < -0.4 is 5.32 Å². The van der Waals surface area contributed by atoms with Crippen molar-refractivity contribution < 1.29 is 19.4 Å². The monoisotopic (exact) mass is 339 g/mol. The van der Waals surface area contributed by atoms with Crippen LogP contribution in [-0.4, -0.2) is 17.0 Å². The van der Waals surface area contributed by atoms with Crippen molar-refractivity contribution >= 4 is 11.9 Å². The molecule has 0 radical (unpaired) electrons. The topological polar surface area (TPSA) is 75.6 Å². The van der Waals surface area contributed by atoms with Crippen molar-refractivity contribution in [2.24, 2.45) is 11.8 Å². The molecule has 2 aromatic carbocycles.